The number of hydrogen-bond donors (Lipinski definition) is 1. The summed E-state index contributed by atoms with van der Waals surface area (Å²) in [6, 6.07) is 0.496. The highest BCUT2D eigenvalue weighted by Gasteiger charge is 2.48. The molecular weight excluding hydrogens is 224 g/mol. The fourth-order valence-electron chi connectivity index (χ4n) is 4.24. The van der Waals surface area contributed by atoms with Gasteiger partial charge in [0.15, 0.2) is 5.82 Å². The molecule has 3 unspecified atom stereocenters. The molecule has 1 N–H and O–H groups in total. The van der Waals surface area contributed by atoms with Gasteiger partial charge in [-0.2, -0.15) is 0 Å². The number of aromatic nitrogens is 3. The molecule has 0 amide bonds. The number of nitrogens with zero attached hydrogens (tertiary/aromatic N) is 3. The lowest BCUT2D eigenvalue weighted by Crippen LogP contribution is -2.35. The van der Waals surface area contributed by atoms with Gasteiger partial charge in [0, 0.05) is 19.0 Å². The van der Waals surface area contributed by atoms with E-state index in [0.717, 1.165) is 30.8 Å². The molecule has 5 rings (SSSR count). The highest BCUT2D eigenvalue weighted by Crippen LogP contribution is 2.57. The number of fused-ring (bicyclic) bond motifs is 2. The van der Waals surface area contributed by atoms with Gasteiger partial charge in [0.1, 0.15) is 5.82 Å². The van der Waals surface area contributed by atoms with Crippen molar-refractivity contribution in [2.24, 2.45) is 17.8 Å². The van der Waals surface area contributed by atoms with Crippen LogP contribution < -0.4 is 5.32 Å². The molecular formula is C14H20N4. The van der Waals surface area contributed by atoms with Crippen LogP contribution in [0.3, 0.4) is 0 Å². The molecule has 0 radical (unpaired) electrons. The van der Waals surface area contributed by atoms with Crippen LogP contribution in [0.4, 0.5) is 0 Å². The summed E-state index contributed by atoms with van der Waals surface area (Å²) in [6.45, 7) is 2.17. The first-order chi connectivity index (χ1) is 8.90. The molecule has 1 aromatic rings. The predicted octanol–water partition coefficient (Wildman–Crippen LogP) is 1.85. The summed E-state index contributed by atoms with van der Waals surface area (Å²) >= 11 is 0. The van der Waals surface area contributed by atoms with Crippen LogP contribution in [0.1, 0.15) is 55.7 Å². The second-order valence-corrected chi connectivity index (χ2v) is 6.76. The second kappa shape index (κ2) is 3.35. The van der Waals surface area contributed by atoms with Crippen molar-refractivity contribution >= 4 is 0 Å². The van der Waals surface area contributed by atoms with Crippen LogP contribution in [0.2, 0.25) is 0 Å². The zero-order valence-corrected chi connectivity index (χ0v) is 10.7. The van der Waals surface area contributed by atoms with E-state index in [1.807, 2.05) is 0 Å². The molecule has 1 aromatic heterocycles. The summed E-state index contributed by atoms with van der Waals surface area (Å²) in [5.74, 6) is 6.16. The fraction of sp³-hybridized carbons (Fsp3) is 0.857. The van der Waals surface area contributed by atoms with Crippen LogP contribution >= 0.6 is 0 Å². The van der Waals surface area contributed by atoms with E-state index in [4.69, 9.17) is 0 Å². The van der Waals surface area contributed by atoms with E-state index in [2.05, 4.69) is 20.1 Å². The first-order valence-corrected chi connectivity index (χ1v) is 7.56. The Hall–Kier alpha value is -0.900. The zero-order valence-electron chi connectivity index (χ0n) is 10.7. The third-order valence-electron chi connectivity index (χ3n) is 5.49. The maximum absolute atomic E-state index is 4.57. The van der Waals surface area contributed by atoms with Gasteiger partial charge in [-0.05, 0) is 49.9 Å². The summed E-state index contributed by atoms with van der Waals surface area (Å²) in [7, 11) is 0. The first-order valence-electron chi connectivity index (χ1n) is 7.56. The standard InChI is InChI=1S/C14H20N4/c1-2-8(1)12-14-17-16-13(18(14)4-3-15-12)11-6-9-5-10(9)7-11/h8-12,15H,1-7H2. The van der Waals surface area contributed by atoms with Crippen molar-refractivity contribution in [2.75, 3.05) is 6.54 Å². The van der Waals surface area contributed by atoms with Crippen molar-refractivity contribution in [1.29, 1.82) is 0 Å². The Morgan fingerprint density at radius 1 is 0.944 bits per heavy atom. The van der Waals surface area contributed by atoms with Gasteiger partial charge >= 0.3 is 0 Å². The summed E-state index contributed by atoms with van der Waals surface area (Å²) in [5, 5.41) is 12.7. The molecule has 3 saturated carbocycles. The molecule has 3 fully saturated rings. The monoisotopic (exact) mass is 244 g/mol. The summed E-state index contributed by atoms with van der Waals surface area (Å²) in [4.78, 5) is 0. The number of nitrogens with one attached hydrogen (secondary N) is 1. The average molecular weight is 244 g/mol. The second-order valence-electron chi connectivity index (χ2n) is 6.76. The highest BCUT2D eigenvalue weighted by molar-refractivity contribution is 5.15. The van der Waals surface area contributed by atoms with E-state index < -0.39 is 0 Å². The Labute approximate surface area is 107 Å². The Kier molecular flexibility index (Phi) is 1.85. The quantitative estimate of drug-likeness (QED) is 0.863. The maximum Gasteiger partial charge on any atom is 0.150 e. The number of rotatable bonds is 2. The van der Waals surface area contributed by atoms with Crippen molar-refractivity contribution < 1.29 is 0 Å². The topological polar surface area (TPSA) is 42.7 Å². The van der Waals surface area contributed by atoms with E-state index >= 15 is 0 Å². The molecule has 0 aromatic carbocycles. The van der Waals surface area contributed by atoms with Crippen molar-refractivity contribution in [3.8, 4) is 0 Å². The minimum Gasteiger partial charge on any atom is -0.312 e. The predicted molar refractivity (Wildman–Crippen MR) is 67.1 cm³/mol. The summed E-state index contributed by atoms with van der Waals surface area (Å²) in [6.07, 6.45) is 6.99. The third-order valence-corrected chi connectivity index (χ3v) is 5.49. The van der Waals surface area contributed by atoms with E-state index in [0.29, 0.717) is 12.0 Å². The molecule has 2 heterocycles. The van der Waals surface area contributed by atoms with E-state index in [1.54, 1.807) is 0 Å². The minimum atomic E-state index is 0.496. The molecule has 18 heavy (non-hydrogen) atoms. The Bertz CT molecular complexity index is 480. The molecule has 0 spiro atoms. The fourth-order valence-corrected chi connectivity index (χ4v) is 4.24. The molecule has 96 valence electrons. The molecule has 3 atom stereocenters. The Morgan fingerprint density at radius 2 is 1.72 bits per heavy atom. The van der Waals surface area contributed by atoms with Gasteiger partial charge in [0.05, 0.1) is 6.04 Å². The van der Waals surface area contributed by atoms with Gasteiger partial charge in [0.2, 0.25) is 0 Å². The van der Waals surface area contributed by atoms with Gasteiger partial charge in [0.25, 0.3) is 0 Å². The molecule has 3 aliphatic carbocycles. The molecule has 0 saturated heterocycles. The van der Waals surface area contributed by atoms with Crippen molar-refractivity contribution in [1.82, 2.24) is 20.1 Å². The van der Waals surface area contributed by atoms with E-state index in [-0.39, 0.29) is 0 Å². The largest absolute Gasteiger partial charge is 0.312 e. The van der Waals surface area contributed by atoms with Crippen molar-refractivity contribution in [3.63, 3.8) is 0 Å². The van der Waals surface area contributed by atoms with Crippen molar-refractivity contribution in [2.45, 2.75) is 50.6 Å². The van der Waals surface area contributed by atoms with Crippen LogP contribution in [0.5, 0.6) is 0 Å². The van der Waals surface area contributed by atoms with Crippen LogP contribution in [-0.4, -0.2) is 21.3 Å². The zero-order chi connectivity index (χ0) is 11.7. The van der Waals surface area contributed by atoms with Crippen LogP contribution in [0, 0.1) is 17.8 Å². The highest BCUT2D eigenvalue weighted by atomic mass is 15.3. The Morgan fingerprint density at radius 3 is 2.50 bits per heavy atom. The lowest BCUT2D eigenvalue weighted by molar-refractivity contribution is 0.371. The van der Waals surface area contributed by atoms with Crippen LogP contribution in [0.25, 0.3) is 0 Å². The average Bonchev–Trinajstić information content (AvgIpc) is 3.29. The van der Waals surface area contributed by atoms with E-state index in [1.165, 1.54) is 43.8 Å². The van der Waals surface area contributed by atoms with E-state index in [9.17, 15) is 0 Å². The molecule has 0 bridgehead atoms. The summed E-state index contributed by atoms with van der Waals surface area (Å²) < 4.78 is 2.45. The van der Waals surface area contributed by atoms with Crippen LogP contribution in [-0.2, 0) is 6.54 Å². The SMILES string of the molecule is C1Cn2c(C3CC4CC4C3)nnc2C(C2CC2)N1. The van der Waals surface area contributed by atoms with Gasteiger partial charge < -0.3 is 9.88 Å². The third kappa shape index (κ3) is 1.35. The Balaban J connectivity index is 1.49. The van der Waals surface area contributed by atoms with Gasteiger partial charge in [-0.25, -0.2) is 0 Å². The van der Waals surface area contributed by atoms with Crippen molar-refractivity contribution in [3.05, 3.63) is 11.6 Å². The molecule has 4 nitrogen and oxygen atoms in total. The first kappa shape index (κ1) is 9.96. The lowest BCUT2D eigenvalue weighted by atomic mass is 10.0. The smallest absolute Gasteiger partial charge is 0.150 e. The molecule has 4 aliphatic rings. The number of hydrogen-bond acceptors (Lipinski definition) is 3. The maximum atomic E-state index is 4.57. The molecule has 1 aliphatic heterocycles. The minimum absolute atomic E-state index is 0.496. The lowest BCUT2D eigenvalue weighted by Gasteiger charge is -2.26. The normalized spacial score (nSPS) is 41.6. The van der Waals surface area contributed by atoms with Crippen LogP contribution in [0.15, 0.2) is 0 Å². The van der Waals surface area contributed by atoms with Gasteiger partial charge in [-0.15, -0.1) is 10.2 Å². The molecule has 4 heteroatoms. The summed E-state index contributed by atoms with van der Waals surface area (Å²) in [5.41, 5.74) is 0. The van der Waals surface area contributed by atoms with Gasteiger partial charge in [-0.3, -0.25) is 0 Å². The van der Waals surface area contributed by atoms with Gasteiger partial charge in [-0.1, -0.05) is 0 Å².